The van der Waals surface area contributed by atoms with Crippen LogP contribution in [0, 0.1) is 0 Å². The highest BCUT2D eigenvalue weighted by molar-refractivity contribution is 6.35. The van der Waals surface area contributed by atoms with Crippen LogP contribution in [0.2, 0.25) is 5.02 Å². The summed E-state index contributed by atoms with van der Waals surface area (Å²) in [5, 5.41) is 9.79. The van der Waals surface area contributed by atoms with Crippen molar-refractivity contribution in [3.63, 3.8) is 0 Å². The predicted molar refractivity (Wildman–Crippen MR) is 56.3 cm³/mol. The van der Waals surface area contributed by atoms with Gasteiger partial charge >= 0.3 is 0 Å². The number of benzene rings is 1. The standard InChI is InChI=1S/C10H11ClN2O/c1-2-13-9(6-14)12-8-5-3-4-7(11)10(8)13/h3-5,14H,2,6H2,1H3. The molecule has 0 saturated heterocycles. The molecule has 0 radical (unpaired) electrons. The van der Waals surface area contributed by atoms with Crippen LogP contribution in [0.25, 0.3) is 11.0 Å². The van der Waals surface area contributed by atoms with E-state index in [4.69, 9.17) is 16.7 Å². The highest BCUT2D eigenvalue weighted by Crippen LogP contribution is 2.24. The fourth-order valence-corrected chi connectivity index (χ4v) is 1.92. The van der Waals surface area contributed by atoms with Gasteiger partial charge in [-0.2, -0.15) is 0 Å². The summed E-state index contributed by atoms with van der Waals surface area (Å²) in [6, 6.07) is 5.59. The van der Waals surface area contributed by atoms with Crippen molar-refractivity contribution in [2.24, 2.45) is 0 Å². The van der Waals surface area contributed by atoms with E-state index in [1.54, 1.807) is 0 Å². The van der Waals surface area contributed by atoms with Crippen molar-refractivity contribution in [1.29, 1.82) is 0 Å². The summed E-state index contributed by atoms with van der Waals surface area (Å²) in [4.78, 5) is 4.29. The number of para-hydroxylation sites is 1. The Hall–Kier alpha value is -1.06. The van der Waals surface area contributed by atoms with Crippen molar-refractivity contribution in [1.82, 2.24) is 9.55 Å². The third-order valence-corrected chi connectivity index (χ3v) is 2.56. The van der Waals surface area contributed by atoms with E-state index in [9.17, 15) is 0 Å². The fraction of sp³-hybridized carbons (Fsp3) is 0.300. The van der Waals surface area contributed by atoms with Crippen LogP contribution in [0.5, 0.6) is 0 Å². The first kappa shape index (κ1) is 9.49. The van der Waals surface area contributed by atoms with Crippen molar-refractivity contribution in [2.45, 2.75) is 20.1 Å². The zero-order valence-electron chi connectivity index (χ0n) is 7.87. The predicted octanol–water partition coefficient (Wildman–Crippen LogP) is 2.20. The number of aliphatic hydroxyl groups is 1. The third kappa shape index (κ3) is 1.29. The van der Waals surface area contributed by atoms with Crippen LogP contribution in [-0.4, -0.2) is 14.7 Å². The number of fused-ring (bicyclic) bond motifs is 1. The van der Waals surface area contributed by atoms with Gasteiger partial charge in [0.15, 0.2) is 0 Å². The first-order valence-electron chi connectivity index (χ1n) is 4.52. The van der Waals surface area contributed by atoms with Gasteiger partial charge in [0.2, 0.25) is 0 Å². The molecule has 0 unspecified atom stereocenters. The number of hydrogen-bond acceptors (Lipinski definition) is 2. The molecule has 4 heteroatoms. The Morgan fingerprint density at radius 3 is 2.93 bits per heavy atom. The average molecular weight is 211 g/mol. The average Bonchev–Trinajstić information content (AvgIpc) is 2.56. The molecule has 2 rings (SSSR count). The second-order valence-corrected chi connectivity index (χ2v) is 3.45. The number of aromatic nitrogens is 2. The van der Waals surface area contributed by atoms with Gasteiger partial charge in [0.25, 0.3) is 0 Å². The quantitative estimate of drug-likeness (QED) is 0.825. The molecule has 0 aliphatic carbocycles. The van der Waals surface area contributed by atoms with E-state index in [0.29, 0.717) is 10.8 Å². The summed E-state index contributed by atoms with van der Waals surface area (Å²) in [6.07, 6.45) is 0. The van der Waals surface area contributed by atoms with E-state index in [1.807, 2.05) is 29.7 Å². The van der Waals surface area contributed by atoms with Crippen molar-refractivity contribution < 1.29 is 5.11 Å². The van der Waals surface area contributed by atoms with E-state index >= 15 is 0 Å². The summed E-state index contributed by atoms with van der Waals surface area (Å²) in [5.41, 5.74) is 1.74. The Bertz CT molecular complexity index is 464. The molecule has 0 aliphatic rings. The number of aryl methyl sites for hydroxylation is 1. The Kier molecular flexibility index (Phi) is 2.44. The molecule has 0 amide bonds. The van der Waals surface area contributed by atoms with E-state index in [2.05, 4.69) is 4.98 Å². The van der Waals surface area contributed by atoms with Gasteiger partial charge in [-0.25, -0.2) is 4.98 Å². The lowest BCUT2D eigenvalue weighted by Gasteiger charge is -2.03. The molecule has 0 saturated carbocycles. The summed E-state index contributed by atoms with van der Waals surface area (Å²) >= 11 is 6.07. The maximum Gasteiger partial charge on any atom is 0.135 e. The third-order valence-electron chi connectivity index (χ3n) is 2.25. The lowest BCUT2D eigenvalue weighted by Crippen LogP contribution is -2.01. The van der Waals surface area contributed by atoms with Gasteiger partial charge in [-0.15, -0.1) is 0 Å². The highest BCUT2D eigenvalue weighted by Gasteiger charge is 2.10. The molecule has 1 heterocycles. The molecule has 1 aromatic heterocycles. The SMILES string of the molecule is CCn1c(CO)nc2cccc(Cl)c21. The first-order chi connectivity index (χ1) is 6.77. The minimum Gasteiger partial charge on any atom is -0.388 e. The second kappa shape index (κ2) is 3.59. The van der Waals surface area contributed by atoms with Gasteiger partial charge in [0.1, 0.15) is 12.4 Å². The molecule has 0 atom stereocenters. The minimum atomic E-state index is -0.0567. The van der Waals surface area contributed by atoms with E-state index < -0.39 is 0 Å². The molecule has 0 aliphatic heterocycles. The zero-order chi connectivity index (χ0) is 10.1. The van der Waals surface area contributed by atoms with Gasteiger partial charge in [0, 0.05) is 6.54 Å². The molecule has 74 valence electrons. The zero-order valence-corrected chi connectivity index (χ0v) is 8.62. The maximum absolute atomic E-state index is 9.12. The number of imidazole rings is 1. The molecular formula is C10H11ClN2O. The van der Waals surface area contributed by atoms with Crippen LogP contribution in [0.4, 0.5) is 0 Å². The Morgan fingerprint density at radius 1 is 1.50 bits per heavy atom. The molecule has 1 aromatic carbocycles. The molecule has 0 fully saturated rings. The van der Waals surface area contributed by atoms with Gasteiger partial charge in [-0.05, 0) is 19.1 Å². The largest absolute Gasteiger partial charge is 0.388 e. The van der Waals surface area contributed by atoms with Gasteiger partial charge in [-0.1, -0.05) is 17.7 Å². The summed E-state index contributed by atoms with van der Waals surface area (Å²) in [5.74, 6) is 0.663. The number of hydrogen-bond donors (Lipinski definition) is 1. The Labute approximate surface area is 86.9 Å². The molecule has 1 N–H and O–H groups in total. The van der Waals surface area contributed by atoms with Crippen molar-refractivity contribution in [3.05, 3.63) is 29.0 Å². The topological polar surface area (TPSA) is 38.0 Å². The lowest BCUT2D eigenvalue weighted by atomic mass is 10.3. The molecular weight excluding hydrogens is 200 g/mol. The van der Waals surface area contributed by atoms with E-state index in [0.717, 1.165) is 17.6 Å². The fourth-order valence-electron chi connectivity index (χ4n) is 1.65. The van der Waals surface area contributed by atoms with Crippen LogP contribution in [0.1, 0.15) is 12.7 Å². The number of halogens is 1. The van der Waals surface area contributed by atoms with Crippen LogP contribution in [0.3, 0.4) is 0 Å². The van der Waals surface area contributed by atoms with Crippen LogP contribution in [-0.2, 0) is 13.2 Å². The normalized spacial score (nSPS) is 11.1. The van der Waals surface area contributed by atoms with Crippen molar-refractivity contribution in [2.75, 3.05) is 0 Å². The summed E-state index contributed by atoms with van der Waals surface area (Å²) in [6.45, 7) is 2.71. The number of aliphatic hydroxyl groups excluding tert-OH is 1. The van der Waals surface area contributed by atoms with Crippen molar-refractivity contribution in [3.8, 4) is 0 Å². The van der Waals surface area contributed by atoms with Gasteiger partial charge in [-0.3, -0.25) is 0 Å². The molecule has 0 spiro atoms. The van der Waals surface area contributed by atoms with Crippen LogP contribution in [0.15, 0.2) is 18.2 Å². The Balaban J connectivity index is 2.81. The maximum atomic E-state index is 9.12. The first-order valence-corrected chi connectivity index (χ1v) is 4.90. The molecule has 3 nitrogen and oxygen atoms in total. The Morgan fingerprint density at radius 2 is 2.29 bits per heavy atom. The van der Waals surface area contributed by atoms with E-state index in [1.165, 1.54) is 0 Å². The van der Waals surface area contributed by atoms with Gasteiger partial charge in [0.05, 0.1) is 16.1 Å². The lowest BCUT2D eigenvalue weighted by molar-refractivity contribution is 0.266. The summed E-state index contributed by atoms with van der Waals surface area (Å²) < 4.78 is 1.93. The molecule has 2 aromatic rings. The second-order valence-electron chi connectivity index (χ2n) is 3.04. The number of rotatable bonds is 2. The molecule has 14 heavy (non-hydrogen) atoms. The van der Waals surface area contributed by atoms with E-state index in [-0.39, 0.29) is 6.61 Å². The van der Waals surface area contributed by atoms with Crippen LogP contribution >= 0.6 is 11.6 Å². The van der Waals surface area contributed by atoms with Gasteiger partial charge < -0.3 is 9.67 Å². The minimum absolute atomic E-state index is 0.0567. The summed E-state index contributed by atoms with van der Waals surface area (Å²) in [7, 11) is 0. The number of nitrogens with zero attached hydrogens (tertiary/aromatic N) is 2. The monoisotopic (exact) mass is 210 g/mol. The molecule has 0 bridgehead atoms. The smallest absolute Gasteiger partial charge is 0.135 e. The van der Waals surface area contributed by atoms with Crippen LogP contribution < -0.4 is 0 Å². The van der Waals surface area contributed by atoms with Crippen molar-refractivity contribution >= 4 is 22.6 Å². The highest BCUT2D eigenvalue weighted by atomic mass is 35.5.